The molecule has 2 rings (SSSR count). The van der Waals surface area contributed by atoms with Crippen LogP contribution in [-0.4, -0.2) is 18.4 Å². The lowest BCUT2D eigenvalue weighted by molar-refractivity contribution is 0.601. The van der Waals surface area contributed by atoms with Gasteiger partial charge in [0.05, 0.1) is 5.69 Å². The van der Waals surface area contributed by atoms with Crippen LogP contribution >= 0.6 is 11.3 Å². The van der Waals surface area contributed by atoms with E-state index < -0.39 is 10.0 Å². The van der Waals surface area contributed by atoms with Crippen LogP contribution in [-0.2, 0) is 10.0 Å². The Kier molecular flexibility index (Phi) is 3.72. The molecule has 8 heteroatoms. The highest BCUT2D eigenvalue weighted by Gasteiger charge is 2.19. The van der Waals surface area contributed by atoms with E-state index in [9.17, 15) is 8.42 Å². The van der Waals surface area contributed by atoms with Crippen LogP contribution < -0.4 is 10.5 Å². The van der Waals surface area contributed by atoms with Gasteiger partial charge in [0.2, 0.25) is 0 Å². The van der Waals surface area contributed by atoms with Crippen LogP contribution in [0.3, 0.4) is 0 Å². The van der Waals surface area contributed by atoms with Crippen molar-refractivity contribution in [2.75, 3.05) is 10.5 Å². The lowest BCUT2D eigenvalue weighted by Crippen LogP contribution is -2.15. The fraction of sp³-hybridized carbons (Fsp3) is 0.273. The number of nitrogen functional groups attached to an aromatic ring is 1. The van der Waals surface area contributed by atoms with E-state index >= 15 is 0 Å². The van der Waals surface area contributed by atoms with Crippen LogP contribution in [0.25, 0.3) is 0 Å². The van der Waals surface area contributed by atoms with Crippen LogP contribution in [0.15, 0.2) is 28.6 Å². The molecule has 0 aliphatic heterocycles. The van der Waals surface area contributed by atoms with E-state index in [0.29, 0.717) is 5.13 Å². The Morgan fingerprint density at radius 1 is 1.42 bits per heavy atom. The molecule has 0 unspecified atom stereocenters. The first-order valence-electron chi connectivity index (χ1n) is 5.59. The predicted octanol–water partition coefficient (Wildman–Crippen LogP) is 2.04. The number of pyridine rings is 1. The van der Waals surface area contributed by atoms with E-state index in [1.54, 1.807) is 0 Å². The molecule has 0 saturated heterocycles. The second-order valence-electron chi connectivity index (χ2n) is 4.22. The molecule has 0 radical (unpaired) electrons. The normalized spacial score (nSPS) is 11.7. The van der Waals surface area contributed by atoms with E-state index in [-0.39, 0.29) is 16.6 Å². The quantitative estimate of drug-likeness (QED) is 0.900. The van der Waals surface area contributed by atoms with Crippen LogP contribution in [0.1, 0.15) is 25.5 Å². The zero-order valence-corrected chi connectivity index (χ0v) is 12.1. The van der Waals surface area contributed by atoms with Gasteiger partial charge in [0.1, 0.15) is 10.7 Å². The highest BCUT2D eigenvalue weighted by Crippen LogP contribution is 2.25. The zero-order chi connectivity index (χ0) is 14.0. The van der Waals surface area contributed by atoms with Crippen LogP contribution in [0.4, 0.5) is 10.9 Å². The molecule has 6 nitrogen and oxygen atoms in total. The van der Waals surface area contributed by atoms with E-state index in [1.165, 1.54) is 29.7 Å². The molecule has 102 valence electrons. The van der Waals surface area contributed by atoms with Crippen molar-refractivity contribution in [1.29, 1.82) is 0 Å². The Balaban J connectivity index is 2.29. The third-order valence-corrected chi connectivity index (χ3v) is 4.72. The molecular weight excluding hydrogens is 284 g/mol. The average molecular weight is 298 g/mol. The first-order valence-corrected chi connectivity index (χ1v) is 7.95. The van der Waals surface area contributed by atoms with E-state index in [1.807, 2.05) is 19.2 Å². The van der Waals surface area contributed by atoms with Crippen LogP contribution in [0, 0.1) is 0 Å². The number of nitrogens with zero attached hydrogens (tertiary/aromatic N) is 2. The maximum atomic E-state index is 12.1. The van der Waals surface area contributed by atoms with E-state index in [2.05, 4.69) is 14.7 Å². The minimum Gasteiger partial charge on any atom is -0.383 e. The Hall–Kier alpha value is -1.67. The second-order valence-corrected chi connectivity index (χ2v) is 6.73. The zero-order valence-electron chi connectivity index (χ0n) is 10.5. The molecule has 0 spiro atoms. The molecule has 2 aromatic heterocycles. The topological polar surface area (TPSA) is 98.0 Å². The van der Waals surface area contributed by atoms with Gasteiger partial charge in [-0.1, -0.05) is 13.8 Å². The minimum absolute atomic E-state index is 0.0318. The second kappa shape index (κ2) is 5.14. The summed E-state index contributed by atoms with van der Waals surface area (Å²) in [7, 11) is -3.75. The average Bonchev–Trinajstić information content (AvgIpc) is 2.77. The Morgan fingerprint density at radius 2 is 2.16 bits per heavy atom. The summed E-state index contributed by atoms with van der Waals surface area (Å²) in [5, 5.41) is 2.15. The van der Waals surface area contributed by atoms with Gasteiger partial charge < -0.3 is 5.73 Å². The number of nitrogens with two attached hydrogens (primary N) is 1. The predicted molar refractivity (Wildman–Crippen MR) is 75.7 cm³/mol. The lowest BCUT2D eigenvalue weighted by atomic mass is 10.2. The Bertz CT molecular complexity index is 680. The molecule has 0 bridgehead atoms. The number of hydrogen-bond acceptors (Lipinski definition) is 6. The van der Waals surface area contributed by atoms with E-state index in [0.717, 1.165) is 5.69 Å². The monoisotopic (exact) mass is 298 g/mol. The van der Waals surface area contributed by atoms with Crippen molar-refractivity contribution in [3.63, 3.8) is 0 Å². The molecular formula is C11H14N4O2S2. The maximum absolute atomic E-state index is 12.1. The molecule has 0 aromatic carbocycles. The first-order chi connectivity index (χ1) is 8.90. The highest BCUT2D eigenvalue weighted by molar-refractivity contribution is 7.93. The van der Waals surface area contributed by atoms with Crippen LogP contribution in [0.5, 0.6) is 0 Å². The number of sulfonamides is 1. The molecule has 2 aromatic rings. The minimum atomic E-state index is -3.75. The summed E-state index contributed by atoms with van der Waals surface area (Å²) in [5.74, 6) is 0.216. The van der Waals surface area contributed by atoms with Crippen molar-refractivity contribution in [2.45, 2.75) is 24.7 Å². The highest BCUT2D eigenvalue weighted by atomic mass is 32.2. The summed E-state index contributed by atoms with van der Waals surface area (Å²) >= 11 is 1.24. The van der Waals surface area contributed by atoms with Gasteiger partial charge in [-0.3, -0.25) is 4.72 Å². The fourth-order valence-corrected chi connectivity index (χ4v) is 3.61. The number of nitrogens with one attached hydrogen (secondary N) is 1. The van der Waals surface area contributed by atoms with Gasteiger partial charge in [0, 0.05) is 11.6 Å². The number of rotatable bonds is 4. The van der Waals surface area contributed by atoms with Gasteiger partial charge in [0.25, 0.3) is 10.0 Å². The third kappa shape index (κ3) is 3.02. The van der Waals surface area contributed by atoms with Crippen molar-refractivity contribution in [2.24, 2.45) is 0 Å². The Labute approximate surface area is 115 Å². The summed E-state index contributed by atoms with van der Waals surface area (Å²) in [5.41, 5.74) is 6.42. The van der Waals surface area contributed by atoms with Gasteiger partial charge >= 0.3 is 0 Å². The van der Waals surface area contributed by atoms with Crippen molar-refractivity contribution < 1.29 is 8.42 Å². The maximum Gasteiger partial charge on any atom is 0.267 e. The number of thiazole rings is 1. The summed E-state index contributed by atoms with van der Waals surface area (Å²) in [4.78, 5) is 7.93. The fourth-order valence-electron chi connectivity index (χ4n) is 1.40. The van der Waals surface area contributed by atoms with Crippen molar-refractivity contribution in [1.82, 2.24) is 9.97 Å². The molecule has 0 amide bonds. The molecule has 3 N–H and O–H groups in total. The smallest absolute Gasteiger partial charge is 0.267 e. The largest absolute Gasteiger partial charge is 0.383 e. The molecule has 0 aliphatic rings. The lowest BCUT2D eigenvalue weighted by Gasteiger charge is -2.06. The first kappa shape index (κ1) is 13.8. The number of anilines is 2. The van der Waals surface area contributed by atoms with Crippen molar-refractivity contribution >= 4 is 32.3 Å². The van der Waals surface area contributed by atoms with Gasteiger partial charge in [0.15, 0.2) is 5.13 Å². The van der Waals surface area contributed by atoms with Gasteiger partial charge in [-0.2, -0.15) is 0 Å². The summed E-state index contributed by atoms with van der Waals surface area (Å²) in [6, 6.07) is 2.92. The van der Waals surface area contributed by atoms with E-state index in [4.69, 9.17) is 5.73 Å². The van der Waals surface area contributed by atoms with Crippen molar-refractivity contribution in [3.05, 3.63) is 29.4 Å². The molecule has 0 saturated carbocycles. The molecule has 19 heavy (non-hydrogen) atoms. The van der Waals surface area contributed by atoms with Crippen molar-refractivity contribution in [3.8, 4) is 0 Å². The molecule has 2 heterocycles. The molecule has 0 aliphatic carbocycles. The van der Waals surface area contributed by atoms with Gasteiger partial charge in [-0.25, -0.2) is 18.4 Å². The van der Waals surface area contributed by atoms with Gasteiger partial charge in [-0.15, -0.1) is 11.3 Å². The van der Waals surface area contributed by atoms with Gasteiger partial charge in [-0.05, 0) is 18.1 Å². The third-order valence-electron chi connectivity index (χ3n) is 2.42. The van der Waals surface area contributed by atoms with Crippen LogP contribution in [0.2, 0.25) is 0 Å². The molecule has 0 atom stereocenters. The summed E-state index contributed by atoms with van der Waals surface area (Å²) in [6.07, 6.45) is 1.44. The summed E-state index contributed by atoms with van der Waals surface area (Å²) < 4.78 is 26.7. The SMILES string of the molecule is CC(C)c1csc(NS(=O)(=O)c2cccnc2N)n1. The molecule has 0 fully saturated rings. The Morgan fingerprint density at radius 3 is 2.74 bits per heavy atom. The number of hydrogen-bond donors (Lipinski definition) is 2. The standard InChI is InChI=1S/C11H14N4O2S2/c1-7(2)8-6-18-11(14-8)15-19(16,17)9-4-3-5-13-10(9)12/h3-7H,1-2H3,(H2,12,13)(H,14,15). The number of aromatic nitrogens is 2. The summed E-state index contributed by atoms with van der Waals surface area (Å²) in [6.45, 7) is 3.98.